The molecule has 4 aromatic rings. The molecular weight excluding hydrogens is 398 g/mol. The number of carbonyl (C=O) groups excluding carboxylic acids is 1. The van der Waals surface area contributed by atoms with Gasteiger partial charge in [-0.1, -0.05) is 17.4 Å². The number of ether oxygens (including phenoxy) is 2. The molecule has 30 heavy (non-hydrogen) atoms. The van der Waals surface area contributed by atoms with Crippen LogP contribution in [0, 0.1) is 6.92 Å². The van der Waals surface area contributed by atoms with E-state index in [1.807, 2.05) is 62.4 Å². The van der Waals surface area contributed by atoms with Crippen LogP contribution >= 0.6 is 11.3 Å². The van der Waals surface area contributed by atoms with Crippen LogP contribution in [0.25, 0.3) is 10.9 Å². The highest BCUT2D eigenvalue weighted by molar-refractivity contribution is 7.11. The van der Waals surface area contributed by atoms with Gasteiger partial charge >= 0.3 is 0 Å². The lowest BCUT2D eigenvalue weighted by atomic mass is 10.1. The molecule has 1 amide bonds. The molecule has 0 aliphatic carbocycles. The molecule has 1 unspecified atom stereocenters. The quantitative estimate of drug-likeness (QED) is 0.429. The van der Waals surface area contributed by atoms with Gasteiger partial charge in [-0.15, -0.1) is 0 Å². The minimum absolute atomic E-state index is 0.0525. The fourth-order valence-corrected chi connectivity index (χ4v) is 3.61. The van der Waals surface area contributed by atoms with Crippen LogP contribution in [-0.4, -0.2) is 15.9 Å². The Kier molecular flexibility index (Phi) is 5.63. The smallest absolute Gasteiger partial charge is 0.219 e. The van der Waals surface area contributed by atoms with Crippen LogP contribution < -0.4 is 14.8 Å². The fraction of sp³-hybridized carbons (Fsp3) is 0.174. The van der Waals surface area contributed by atoms with Crippen molar-refractivity contribution in [3.8, 4) is 22.4 Å². The number of rotatable bonds is 6. The predicted octanol–water partition coefficient (Wildman–Crippen LogP) is 5.78. The van der Waals surface area contributed by atoms with Crippen LogP contribution in [0.4, 0.5) is 0 Å². The second-order valence-corrected chi connectivity index (χ2v) is 7.82. The summed E-state index contributed by atoms with van der Waals surface area (Å²) in [6, 6.07) is 15.3. The van der Waals surface area contributed by atoms with Gasteiger partial charge in [0.15, 0.2) is 0 Å². The number of aromatic nitrogens is 2. The van der Waals surface area contributed by atoms with Crippen molar-refractivity contribution in [3.63, 3.8) is 0 Å². The van der Waals surface area contributed by atoms with Crippen molar-refractivity contribution in [2.75, 3.05) is 0 Å². The average Bonchev–Trinajstić information content (AvgIpc) is 3.22. The maximum Gasteiger partial charge on any atom is 0.219 e. The second-order valence-electron chi connectivity index (χ2n) is 6.98. The zero-order valence-electron chi connectivity index (χ0n) is 16.9. The number of aryl methyl sites for hydroxylation is 1. The van der Waals surface area contributed by atoms with Crippen molar-refractivity contribution in [1.82, 2.24) is 15.3 Å². The molecule has 6 nitrogen and oxygen atoms in total. The number of nitrogens with one attached hydrogen (secondary N) is 1. The molecule has 0 bridgehead atoms. The Labute approximate surface area is 178 Å². The number of nitrogens with zero attached hydrogens (tertiary/aromatic N) is 2. The molecule has 2 aromatic carbocycles. The Morgan fingerprint density at radius 3 is 2.70 bits per heavy atom. The highest BCUT2D eigenvalue weighted by Gasteiger charge is 2.10. The van der Waals surface area contributed by atoms with Crippen molar-refractivity contribution in [2.45, 2.75) is 26.8 Å². The number of hydrogen-bond donors (Lipinski definition) is 1. The van der Waals surface area contributed by atoms with E-state index >= 15 is 0 Å². The normalized spacial score (nSPS) is 11.8. The van der Waals surface area contributed by atoms with Gasteiger partial charge < -0.3 is 14.8 Å². The number of amides is 1. The number of benzene rings is 2. The Balaban J connectivity index is 1.51. The zero-order valence-corrected chi connectivity index (χ0v) is 17.7. The van der Waals surface area contributed by atoms with Gasteiger partial charge in [0.05, 0.1) is 23.3 Å². The molecule has 0 aliphatic rings. The Hall–Kier alpha value is -3.45. The molecule has 0 fully saturated rings. The van der Waals surface area contributed by atoms with Crippen LogP contribution in [0.1, 0.15) is 31.0 Å². The summed E-state index contributed by atoms with van der Waals surface area (Å²) in [7, 11) is 0. The standard InChI is InChI=1S/C23H21N3O3S/c1-14-10-19(28-23-12-24-13-30-23)6-8-21(14)29-22-9-5-18-11-17(4-7-20(18)26-22)15(2)25-16(3)27/h4-13,15H,1-3H3,(H,25,27). The van der Waals surface area contributed by atoms with E-state index in [4.69, 9.17) is 9.47 Å². The highest BCUT2D eigenvalue weighted by atomic mass is 32.1. The average molecular weight is 420 g/mol. The van der Waals surface area contributed by atoms with E-state index in [0.29, 0.717) is 5.88 Å². The summed E-state index contributed by atoms with van der Waals surface area (Å²) in [4.78, 5) is 19.9. The van der Waals surface area contributed by atoms with Gasteiger partial charge in [0, 0.05) is 18.4 Å². The van der Waals surface area contributed by atoms with Crippen molar-refractivity contribution in [2.24, 2.45) is 0 Å². The summed E-state index contributed by atoms with van der Waals surface area (Å²) < 4.78 is 11.8. The van der Waals surface area contributed by atoms with E-state index in [9.17, 15) is 4.79 Å². The molecular formula is C23H21N3O3S. The van der Waals surface area contributed by atoms with Gasteiger partial charge in [-0.3, -0.25) is 4.79 Å². The predicted molar refractivity (Wildman–Crippen MR) is 117 cm³/mol. The van der Waals surface area contributed by atoms with Crippen LogP contribution in [0.3, 0.4) is 0 Å². The summed E-state index contributed by atoms with van der Waals surface area (Å²) in [5, 5.41) is 4.63. The molecule has 7 heteroatoms. The molecule has 1 atom stereocenters. The van der Waals surface area contributed by atoms with Gasteiger partial charge in [0.25, 0.3) is 0 Å². The first-order valence-corrected chi connectivity index (χ1v) is 10.4. The van der Waals surface area contributed by atoms with E-state index < -0.39 is 0 Å². The molecule has 152 valence electrons. The summed E-state index contributed by atoms with van der Waals surface area (Å²) in [6.45, 7) is 5.44. The third-order valence-electron chi connectivity index (χ3n) is 4.60. The van der Waals surface area contributed by atoms with Crippen molar-refractivity contribution >= 4 is 28.1 Å². The number of thiazole rings is 1. The molecule has 2 heterocycles. The number of fused-ring (bicyclic) bond motifs is 1. The third kappa shape index (κ3) is 4.58. The largest absolute Gasteiger partial charge is 0.445 e. The Morgan fingerprint density at radius 2 is 1.97 bits per heavy atom. The first-order chi connectivity index (χ1) is 14.5. The monoisotopic (exact) mass is 419 g/mol. The molecule has 0 saturated carbocycles. The first-order valence-electron chi connectivity index (χ1n) is 9.50. The highest BCUT2D eigenvalue weighted by Crippen LogP contribution is 2.31. The zero-order chi connectivity index (χ0) is 21.1. The first kappa shape index (κ1) is 19.8. The number of hydrogen-bond acceptors (Lipinski definition) is 6. The Bertz CT molecular complexity index is 1190. The van der Waals surface area contributed by atoms with E-state index in [0.717, 1.165) is 38.6 Å². The lowest BCUT2D eigenvalue weighted by molar-refractivity contribution is -0.119. The second kappa shape index (κ2) is 8.51. The molecule has 0 saturated heterocycles. The van der Waals surface area contributed by atoms with E-state index in [-0.39, 0.29) is 11.9 Å². The molecule has 0 aliphatic heterocycles. The molecule has 1 N–H and O–H groups in total. The van der Waals surface area contributed by atoms with Gasteiger partial charge in [-0.2, -0.15) is 0 Å². The Morgan fingerprint density at radius 1 is 1.10 bits per heavy atom. The SMILES string of the molecule is CC(=O)NC(C)c1ccc2nc(Oc3ccc(Oc4cncs4)cc3C)ccc2c1. The number of carbonyl (C=O) groups is 1. The van der Waals surface area contributed by atoms with Crippen molar-refractivity contribution in [1.29, 1.82) is 0 Å². The van der Waals surface area contributed by atoms with E-state index in [1.54, 1.807) is 11.7 Å². The van der Waals surface area contributed by atoms with Gasteiger partial charge in [0.1, 0.15) is 11.5 Å². The minimum Gasteiger partial charge on any atom is -0.445 e. The summed E-state index contributed by atoms with van der Waals surface area (Å²) >= 11 is 1.44. The maximum atomic E-state index is 11.3. The van der Waals surface area contributed by atoms with Crippen LogP contribution in [0.15, 0.2) is 60.2 Å². The van der Waals surface area contributed by atoms with Gasteiger partial charge in [-0.25, -0.2) is 9.97 Å². The molecule has 0 spiro atoms. The summed E-state index contributed by atoms with van der Waals surface area (Å²) in [6.07, 6.45) is 1.69. The molecule has 2 aromatic heterocycles. The third-order valence-corrected chi connectivity index (χ3v) is 5.24. The van der Waals surface area contributed by atoms with Crippen molar-refractivity contribution in [3.05, 3.63) is 71.4 Å². The molecule has 0 radical (unpaired) electrons. The van der Waals surface area contributed by atoms with Crippen LogP contribution in [0.5, 0.6) is 22.4 Å². The van der Waals surface area contributed by atoms with Gasteiger partial charge in [0.2, 0.25) is 16.9 Å². The van der Waals surface area contributed by atoms with E-state index in [2.05, 4.69) is 15.3 Å². The lowest BCUT2D eigenvalue weighted by Gasteiger charge is -2.14. The minimum atomic E-state index is -0.0591. The van der Waals surface area contributed by atoms with E-state index in [1.165, 1.54) is 18.3 Å². The number of pyridine rings is 1. The lowest BCUT2D eigenvalue weighted by Crippen LogP contribution is -2.23. The maximum absolute atomic E-state index is 11.3. The van der Waals surface area contributed by atoms with Gasteiger partial charge in [-0.05, 0) is 61.4 Å². The summed E-state index contributed by atoms with van der Waals surface area (Å²) in [5.41, 5.74) is 4.53. The van der Waals surface area contributed by atoms with Crippen molar-refractivity contribution < 1.29 is 14.3 Å². The molecule has 4 rings (SSSR count). The summed E-state index contributed by atoms with van der Waals surface area (Å²) in [5.74, 6) is 1.92. The topological polar surface area (TPSA) is 73.3 Å². The fourth-order valence-electron chi connectivity index (χ4n) is 3.12. The van der Waals surface area contributed by atoms with Crippen LogP contribution in [0.2, 0.25) is 0 Å². The van der Waals surface area contributed by atoms with Crippen LogP contribution in [-0.2, 0) is 4.79 Å².